The van der Waals surface area contributed by atoms with Crippen molar-refractivity contribution in [2.24, 2.45) is 0 Å². The summed E-state index contributed by atoms with van der Waals surface area (Å²) in [5.74, 6) is -0.0459. The number of rotatable bonds is 69. The van der Waals surface area contributed by atoms with E-state index in [0.29, 0.717) is 19.4 Å². The first-order valence-electron chi connectivity index (χ1n) is 36.6. The number of carbonyl (C=O) groups excluding carboxylic acids is 2. The van der Waals surface area contributed by atoms with Gasteiger partial charge in [0.15, 0.2) is 0 Å². The number of aliphatic hydroxyl groups excluding tert-OH is 2. The molecule has 0 aromatic rings. The number of hydrogen-bond acceptors (Lipinski definition) is 5. The number of aliphatic hydroxyl groups is 2. The second-order valence-electron chi connectivity index (χ2n) is 25.3. The lowest BCUT2D eigenvalue weighted by molar-refractivity contribution is -0.143. The van der Waals surface area contributed by atoms with E-state index in [1.807, 2.05) is 6.08 Å². The minimum absolute atomic E-state index is 0.0150. The summed E-state index contributed by atoms with van der Waals surface area (Å²) in [6, 6.07) is -0.622. The molecule has 474 valence electrons. The molecule has 2 atom stereocenters. The Balaban J connectivity index is 3.30. The monoisotopic (exact) mass is 1130 g/mol. The molecular weight excluding hydrogens is 983 g/mol. The number of carbonyl (C=O) groups is 2. The third-order valence-corrected chi connectivity index (χ3v) is 17.2. The maximum Gasteiger partial charge on any atom is 0.305 e. The number of esters is 1. The molecule has 0 aliphatic carbocycles. The normalized spacial score (nSPS) is 12.6. The van der Waals surface area contributed by atoms with Gasteiger partial charge < -0.3 is 20.3 Å². The van der Waals surface area contributed by atoms with Crippen molar-refractivity contribution < 1.29 is 24.5 Å². The minimum Gasteiger partial charge on any atom is -0.466 e. The molecule has 0 saturated heterocycles. The number of hydrogen-bond donors (Lipinski definition) is 3. The van der Waals surface area contributed by atoms with Gasteiger partial charge in [0.05, 0.1) is 25.4 Å². The van der Waals surface area contributed by atoms with E-state index < -0.39 is 12.1 Å². The van der Waals surface area contributed by atoms with E-state index in [9.17, 15) is 19.8 Å². The number of allylic oxidation sites excluding steroid dienone is 3. The highest BCUT2D eigenvalue weighted by Crippen LogP contribution is 2.19. The molecule has 0 rings (SSSR count). The molecule has 0 aliphatic heterocycles. The Morgan fingerprint density at radius 1 is 0.338 bits per heavy atom. The molecule has 0 saturated carbocycles. The molecule has 0 bridgehead atoms. The zero-order valence-electron chi connectivity index (χ0n) is 54.3. The third kappa shape index (κ3) is 65.5. The molecule has 6 nitrogen and oxygen atoms in total. The smallest absolute Gasteiger partial charge is 0.305 e. The van der Waals surface area contributed by atoms with Crippen LogP contribution in [-0.4, -0.2) is 47.4 Å². The number of amides is 1. The van der Waals surface area contributed by atoms with E-state index in [2.05, 4.69) is 31.3 Å². The van der Waals surface area contributed by atoms with Crippen LogP contribution in [0.15, 0.2) is 24.3 Å². The lowest BCUT2D eigenvalue weighted by Gasteiger charge is -2.20. The SMILES string of the molecule is CCCCCCCC/C=C\CCCCCCCC(=O)OCCCCCCCCCCCCCCCCCCCCCCCCCCCCCCCCCCCCCC(=O)NC(CO)C(O)/C=C/CCCCCCCCCCCCC. The van der Waals surface area contributed by atoms with Crippen molar-refractivity contribution in [3.8, 4) is 0 Å². The van der Waals surface area contributed by atoms with E-state index in [1.165, 1.54) is 340 Å². The molecule has 0 aromatic heterocycles. The molecule has 0 radical (unpaired) electrons. The summed E-state index contributed by atoms with van der Waals surface area (Å²) < 4.78 is 5.50. The van der Waals surface area contributed by atoms with Crippen molar-refractivity contribution >= 4 is 11.9 Å². The number of unbranched alkanes of at least 4 members (excludes halogenated alkanes) is 56. The molecule has 1 amide bonds. The largest absolute Gasteiger partial charge is 0.466 e. The Bertz CT molecular complexity index is 1250. The molecule has 80 heavy (non-hydrogen) atoms. The maximum absolute atomic E-state index is 12.5. The second-order valence-corrected chi connectivity index (χ2v) is 25.3. The summed E-state index contributed by atoms with van der Waals surface area (Å²) >= 11 is 0. The molecule has 0 spiro atoms. The van der Waals surface area contributed by atoms with Crippen LogP contribution in [0.5, 0.6) is 0 Å². The van der Waals surface area contributed by atoms with Gasteiger partial charge in [0.1, 0.15) is 0 Å². The average Bonchev–Trinajstić information content (AvgIpc) is 3.46. The lowest BCUT2D eigenvalue weighted by Crippen LogP contribution is -2.45. The van der Waals surface area contributed by atoms with Gasteiger partial charge >= 0.3 is 5.97 Å². The molecule has 6 heteroatoms. The first-order valence-corrected chi connectivity index (χ1v) is 36.6. The molecule has 0 fully saturated rings. The van der Waals surface area contributed by atoms with Crippen molar-refractivity contribution in [1.82, 2.24) is 5.32 Å². The molecule has 2 unspecified atom stereocenters. The van der Waals surface area contributed by atoms with Crippen molar-refractivity contribution in [3.05, 3.63) is 24.3 Å². The first kappa shape index (κ1) is 78.3. The second kappa shape index (κ2) is 69.8. The fourth-order valence-corrected chi connectivity index (χ4v) is 11.6. The average molecular weight is 1130 g/mol. The van der Waals surface area contributed by atoms with E-state index in [1.54, 1.807) is 6.08 Å². The van der Waals surface area contributed by atoms with E-state index >= 15 is 0 Å². The quantitative estimate of drug-likeness (QED) is 0.0320. The van der Waals surface area contributed by atoms with Gasteiger partial charge in [0.25, 0.3) is 0 Å². The van der Waals surface area contributed by atoms with Gasteiger partial charge in [-0.05, 0) is 57.8 Å². The minimum atomic E-state index is -0.839. The van der Waals surface area contributed by atoms with Gasteiger partial charge in [-0.1, -0.05) is 366 Å². The van der Waals surface area contributed by atoms with Crippen molar-refractivity contribution in [2.45, 2.75) is 424 Å². The standard InChI is InChI=1S/C74H143NO5/c1-3-5-7-9-11-13-15-17-39-44-48-52-56-60-64-68-74(79)80-69-65-61-57-53-49-45-41-38-36-34-32-30-28-26-24-22-20-18-19-21-23-25-27-29-31-33-35-37-40-43-47-51-55-59-63-67-73(78)75-71(70-76)72(77)66-62-58-54-50-46-42-16-14-12-10-8-6-4-2/h17,39,62,66,71-72,76-77H,3-16,18-38,40-61,63-65,67-70H2,1-2H3,(H,75,78)/b39-17-,66-62+. The van der Waals surface area contributed by atoms with Crippen LogP contribution in [0.25, 0.3) is 0 Å². The third-order valence-electron chi connectivity index (χ3n) is 17.2. The predicted octanol–water partition coefficient (Wildman–Crippen LogP) is 23.7. The van der Waals surface area contributed by atoms with Crippen LogP contribution < -0.4 is 5.32 Å². The van der Waals surface area contributed by atoms with Crippen LogP contribution in [-0.2, 0) is 14.3 Å². The van der Waals surface area contributed by atoms with Gasteiger partial charge in [-0.25, -0.2) is 0 Å². The van der Waals surface area contributed by atoms with E-state index in [-0.39, 0.29) is 18.5 Å². The summed E-state index contributed by atoms with van der Waals surface area (Å²) in [4.78, 5) is 24.5. The van der Waals surface area contributed by atoms with Crippen LogP contribution in [0.2, 0.25) is 0 Å². The highest BCUT2D eigenvalue weighted by molar-refractivity contribution is 5.76. The predicted molar refractivity (Wildman–Crippen MR) is 352 cm³/mol. The van der Waals surface area contributed by atoms with Crippen molar-refractivity contribution in [2.75, 3.05) is 13.2 Å². The molecule has 0 aliphatic rings. The Kier molecular flexibility index (Phi) is 68.4. The molecule has 3 N–H and O–H groups in total. The van der Waals surface area contributed by atoms with Gasteiger partial charge in [0, 0.05) is 12.8 Å². The van der Waals surface area contributed by atoms with Crippen molar-refractivity contribution in [1.29, 1.82) is 0 Å². The van der Waals surface area contributed by atoms with Crippen molar-refractivity contribution in [3.63, 3.8) is 0 Å². The van der Waals surface area contributed by atoms with Crippen LogP contribution in [0.1, 0.15) is 412 Å². The Morgan fingerprint density at radius 2 is 0.588 bits per heavy atom. The zero-order valence-corrected chi connectivity index (χ0v) is 54.3. The molecule has 0 aromatic carbocycles. The fourth-order valence-electron chi connectivity index (χ4n) is 11.6. The van der Waals surface area contributed by atoms with E-state index in [4.69, 9.17) is 4.74 Å². The highest BCUT2D eigenvalue weighted by atomic mass is 16.5. The van der Waals surface area contributed by atoms with Gasteiger partial charge in [-0.2, -0.15) is 0 Å². The fraction of sp³-hybridized carbons (Fsp3) is 0.919. The summed E-state index contributed by atoms with van der Waals surface area (Å²) in [6.07, 6.45) is 88.6. The van der Waals surface area contributed by atoms with Crippen LogP contribution >= 0.6 is 0 Å². The summed E-state index contributed by atoms with van der Waals surface area (Å²) in [5.41, 5.74) is 0. The maximum atomic E-state index is 12.5. The Hall–Kier alpha value is -1.66. The van der Waals surface area contributed by atoms with Crippen LogP contribution in [0.4, 0.5) is 0 Å². The van der Waals surface area contributed by atoms with Crippen LogP contribution in [0, 0.1) is 0 Å². The molecule has 0 heterocycles. The van der Waals surface area contributed by atoms with Gasteiger partial charge in [0.2, 0.25) is 5.91 Å². The Morgan fingerprint density at radius 3 is 0.887 bits per heavy atom. The Labute approximate surface area is 501 Å². The molecular formula is C74H143NO5. The topological polar surface area (TPSA) is 95.9 Å². The number of nitrogens with one attached hydrogen (secondary N) is 1. The first-order chi connectivity index (χ1) is 39.5. The number of ether oxygens (including phenoxy) is 1. The highest BCUT2D eigenvalue weighted by Gasteiger charge is 2.18. The lowest BCUT2D eigenvalue weighted by atomic mass is 10.0. The van der Waals surface area contributed by atoms with Gasteiger partial charge in [-0.15, -0.1) is 0 Å². The zero-order chi connectivity index (χ0) is 57.8. The van der Waals surface area contributed by atoms with E-state index in [0.717, 1.165) is 44.9 Å². The summed E-state index contributed by atoms with van der Waals surface area (Å²) in [5, 5.41) is 23.1. The summed E-state index contributed by atoms with van der Waals surface area (Å²) in [6.45, 7) is 4.93. The summed E-state index contributed by atoms with van der Waals surface area (Å²) in [7, 11) is 0. The van der Waals surface area contributed by atoms with Gasteiger partial charge in [-0.3, -0.25) is 9.59 Å². The van der Waals surface area contributed by atoms with Crippen LogP contribution in [0.3, 0.4) is 0 Å².